The van der Waals surface area contributed by atoms with Gasteiger partial charge in [-0.1, -0.05) is 29.8 Å². The first kappa shape index (κ1) is 20.1. The fourth-order valence-corrected chi connectivity index (χ4v) is 4.48. The van der Waals surface area contributed by atoms with Crippen LogP contribution in [0.15, 0.2) is 48.5 Å². The average Bonchev–Trinajstić information content (AvgIpc) is 3.25. The minimum atomic E-state index is -0.251. The molecule has 6 nitrogen and oxygen atoms in total. The molecule has 2 N–H and O–H groups in total. The first-order chi connectivity index (χ1) is 14.3. The normalized spacial score (nSPS) is 10.9. The topological polar surface area (TPSA) is 76.0 Å². The molecule has 0 atom stereocenters. The second kappa shape index (κ2) is 7.93. The number of thiophene rings is 1. The number of carbonyl (C=O) groups excluding carboxylic acids is 2. The zero-order chi connectivity index (χ0) is 21.4. The third-order valence-electron chi connectivity index (χ3n) is 4.58. The van der Waals surface area contributed by atoms with Crippen molar-refractivity contribution in [2.75, 3.05) is 10.6 Å². The van der Waals surface area contributed by atoms with Crippen LogP contribution in [-0.2, 0) is 4.79 Å². The van der Waals surface area contributed by atoms with Gasteiger partial charge in [0.2, 0.25) is 5.91 Å². The Balaban J connectivity index is 1.71. The summed E-state index contributed by atoms with van der Waals surface area (Å²) >= 11 is 7.69. The molecule has 8 heteroatoms. The Morgan fingerprint density at radius 3 is 2.53 bits per heavy atom. The molecule has 0 aliphatic carbocycles. The van der Waals surface area contributed by atoms with E-state index in [4.69, 9.17) is 11.6 Å². The van der Waals surface area contributed by atoms with E-state index in [0.717, 1.165) is 27.2 Å². The van der Waals surface area contributed by atoms with Gasteiger partial charge in [0, 0.05) is 12.3 Å². The number of hydrogen-bond acceptors (Lipinski definition) is 4. The lowest BCUT2D eigenvalue weighted by Gasteiger charge is -2.12. The second-order valence-electron chi connectivity index (χ2n) is 6.96. The fraction of sp³-hybridized carbons (Fsp3) is 0.136. The molecule has 4 rings (SSSR count). The van der Waals surface area contributed by atoms with Crippen LogP contribution in [0, 0.1) is 13.8 Å². The van der Waals surface area contributed by atoms with E-state index in [1.54, 1.807) is 10.7 Å². The number of nitrogens with one attached hydrogen (secondary N) is 2. The third kappa shape index (κ3) is 3.81. The van der Waals surface area contributed by atoms with Gasteiger partial charge in [-0.2, -0.15) is 5.10 Å². The number of rotatable bonds is 4. The van der Waals surface area contributed by atoms with Crippen molar-refractivity contribution >= 4 is 56.3 Å². The summed E-state index contributed by atoms with van der Waals surface area (Å²) in [6.07, 6.45) is 0. The van der Waals surface area contributed by atoms with Crippen LogP contribution in [0.5, 0.6) is 0 Å². The van der Waals surface area contributed by atoms with Crippen molar-refractivity contribution in [1.82, 2.24) is 9.78 Å². The van der Waals surface area contributed by atoms with Crippen molar-refractivity contribution in [3.8, 4) is 5.69 Å². The van der Waals surface area contributed by atoms with Gasteiger partial charge in [-0.3, -0.25) is 9.59 Å². The van der Waals surface area contributed by atoms with E-state index < -0.39 is 0 Å². The molecule has 0 unspecified atom stereocenters. The highest BCUT2D eigenvalue weighted by Crippen LogP contribution is 2.33. The molecule has 152 valence electrons. The number of para-hydroxylation sites is 1. The van der Waals surface area contributed by atoms with Crippen molar-refractivity contribution in [1.29, 1.82) is 0 Å². The van der Waals surface area contributed by atoms with E-state index in [9.17, 15) is 9.59 Å². The molecule has 2 heterocycles. The van der Waals surface area contributed by atoms with E-state index >= 15 is 0 Å². The van der Waals surface area contributed by atoms with Gasteiger partial charge in [-0.15, -0.1) is 11.3 Å². The SMILES string of the molecule is CC(=O)Nc1ccc(C)cc1NC(=O)c1cc2c(C)nn(-c3ccccc3Cl)c2s1. The summed E-state index contributed by atoms with van der Waals surface area (Å²) in [6, 6.07) is 14.8. The summed E-state index contributed by atoms with van der Waals surface area (Å²) < 4.78 is 1.77. The maximum absolute atomic E-state index is 13.0. The highest BCUT2D eigenvalue weighted by molar-refractivity contribution is 7.20. The molecular formula is C22H19ClN4O2S. The number of anilines is 2. The molecular weight excluding hydrogens is 420 g/mol. The molecule has 4 aromatic rings. The standard InChI is InChI=1S/C22H19ClN4O2S/c1-12-8-9-17(24-14(3)28)18(10-12)25-21(29)20-11-15-13(2)26-27(22(15)30-20)19-7-5-4-6-16(19)23/h4-11H,1-3H3,(H,24,28)(H,25,29). The Labute approximate surface area is 182 Å². The largest absolute Gasteiger partial charge is 0.325 e. The zero-order valence-electron chi connectivity index (χ0n) is 16.6. The predicted molar refractivity (Wildman–Crippen MR) is 122 cm³/mol. The molecule has 2 amide bonds. The van der Waals surface area contributed by atoms with Gasteiger partial charge in [0.15, 0.2) is 0 Å². The highest BCUT2D eigenvalue weighted by atomic mass is 35.5. The Bertz CT molecular complexity index is 1290. The van der Waals surface area contributed by atoms with Gasteiger partial charge in [-0.05, 0) is 49.7 Å². The number of aryl methyl sites for hydroxylation is 2. The first-order valence-corrected chi connectivity index (χ1v) is 10.5. The fourth-order valence-electron chi connectivity index (χ4n) is 3.19. The summed E-state index contributed by atoms with van der Waals surface area (Å²) in [6.45, 7) is 5.26. The van der Waals surface area contributed by atoms with Crippen LogP contribution in [0.3, 0.4) is 0 Å². The van der Waals surface area contributed by atoms with Gasteiger partial charge in [0.25, 0.3) is 5.91 Å². The summed E-state index contributed by atoms with van der Waals surface area (Å²) in [5.41, 5.74) is 3.66. The maximum atomic E-state index is 13.0. The first-order valence-electron chi connectivity index (χ1n) is 9.27. The number of halogens is 1. The van der Waals surface area contributed by atoms with E-state index in [1.165, 1.54) is 18.3 Å². The van der Waals surface area contributed by atoms with Crippen molar-refractivity contribution in [3.05, 3.63) is 69.7 Å². The molecule has 0 saturated heterocycles. The Hall–Kier alpha value is -3.16. The Morgan fingerprint density at radius 2 is 1.80 bits per heavy atom. The monoisotopic (exact) mass is 438 g/mol. The summed E-state index contributed by atoms with van der Waals surface area (Å²) in [4.78, 5) is 25.9. The Kier molecular flexibility index (Phi) is 5.32. The number of nitrogens with zero attached hydrogens (tertiary/aromatic N) is 2. The van der Waals surface area contributed by atoms with Crippen LogP contribution in [0.4, 0.5) is 11.4 Å². The van der Waals surface area contributed by atoms with E-state index in [1.807, 2.05) is 56.3 Å². The smallest absolute Gasteiger partial charge is 0.265 e. The number of amides is 2. The molecule has 0 aliphatic rings. The minimum absolute atomic E-state index is 0.202. The molecule has 0 fully saturated rings. The van der Waals surface area contributed by atoms with Crippen LogP contribution in [0.1, 0.15) is 27.9 Å². The number of fused-ring (bicyclic) bond motifs is 1. The summed E-state index contributed by atoms with van der Waals surface area (Å²) in [5.74, 6) is -0.454. The molecule has 0 radical (unpaired) electrons. The number of aromatic nitrogens is 2. The van der Waals surface area contributed by atoms with Gasteiger partial charge >= 0.3 is 0 Å². The number of carbonyl (C=O) groups is 2. The molecule has 2 aromatic heterocycles. The lowest BCUT2D eigenvalue weighted by atomic mass is 10.2. The molecule has 0 saturated carbocycles. The van der Waals surface area contributed by atoms with Crippen LogP contribution in [-0.4, -0.2) is 21.6 Å². The summed E-state index contributed by atoms with van der Waals surface area (Å²) in [5, 5.41) is 11.7. The van der Waals surface area contributed by atoms with Crippen LogP contribution in [0.2, 0.25) is 5.02 Å². The lowest BCUT2D eigenvalue weighted by molar-refractivity contribution is -0.114. The minimum Gasteiger partial charge on any atom is -0.325 e. The maximum Gasteiger partial charge on any atom is 0.265 e. The van der Waals surface area contributed by atoms with Gasteiger partial charge in [0.1, 0.15) is 4.83 Å². The van der Waals surface area contributed by atoms with Crippen molar-refractivity contribution < 1.29 is 9.59 Å². The summed E-state index contributed by atoms with van der Waals surface area (Å²) in [7, 11) is 0. The van der Waals surface area contributed by atoms with Gasteiger partial charge < -0.3 is 10.6 Å². The molecule has 2 aromatic carbocycles. The van der Waals surface area contributed by atoms with Crippen molar-refractivity contribution in [3.63, 3.8) is 0 Å². The van der Waals surface area contributed by atoms with Crippen LogP contribution >= 0.6 is 22.9 Å². The van der Waals surface area contributed by atoms with Gasteiger partial charge in [-0.25, -0.2) is 4.68 Å². The van der Waals surface area contributed by atoms with E-state index in [2.05, 4.69) is 15.7 Å². The Morgan fingerprint density at radius 1 is 1.03 bits per heavy atom. The highest BCUT2D eigenvalue weighted by Gasteiger charge is 2.19. The van der Waals surface area contributed by atoms with Gasteiger partial charge in [0.05, 0.1) is 32.7 Å². The van der Waals surface area contributed by atoms with E-state index in [0.29, 0.717) is 21.3 Å². The number of benzene rings is 2. The molecule has 30 heavy (non-hydrogen) atoms. The molecule has 0 bridgehead atoms. The predicted octanol–water partition coefficient (Wildman–Crippen LogP) is 5.57. The molecule has 0 aliphatic heterocycles. The second-order valence-corrected chi connectivity index (χ2v) is 8.40. The molecule has 0 spiro atoms. The number of hydrogen-bond donors (Lipinski definition) is 2. The quantitative estimate of drug-likeness (QED) is 0.437. The van der Waals surface area contributed by atoms with Crippen molar-refractivity contribution in [2.24, 2.45) is 0 Å². The lowest BCUT2D eigenvalue weighted by Crippen LogP contribution is -2.14. The van der Waals surface area contributed by atoms with Crippen LogP contribution < -0.4 is 10.6 Å². The average molecular weight is 439 g/mol. The third-order valence-corrected chi connectivity index (χ3v) is 6.01. The van der Waals surface area contributed by atoms with E-state index in [-0.39, 0.29) is 11.8 Å². The van der Waals surface area contributed by atoms with Crippen molar-refractivity contribution in [2.45, 2.75) is 20.8 Å². The van der Waals surface area contributed by atoms with Crippen LogP contribution in [0.25, 0.3) is 15.9 Å². The zero-order valence-corrected chi connectivity index (χ0v) is 18.2.